The van der Waals surface area contributed by atoms with Crippen LogP contribution in [0, 0.1) is 0 Å². The molecule has 0 radical (unpaired) electrons. The molecule has 1 rings (SSSR count). The Labute approximate surface area is 145 Å². The van der Waals surface area contributed by atoms with E-state index < -0.39 is 0 Å². The molecule has 1 saturated heterocycles. The second kappa shape index (κ2) is 11.2. The third kappa shape index (κ3) is 8.75. The summed E-state index contributed by atoms with van der Waals surface area (Å²) in [4.78, 5) is 0. The molecule has 2 atom stereocenters. The lowest BCUT2D eigenvalue weighted by atomic mass is 10.0. The van der Waals surface area contributed by atoms with Crippen LogP contribution in [0.4, 0.5) is 0 Å². The number of ether oxygens (including phenoxy) is 2. The van der Waals surface area contributed by atoms with Crippen molar-refractivity contribution in [3.63, 3.8) is 0 Å². The maximum Gasteiger partial charge on any atom is 0.163 e. The molecule has 0 aromatic heterocycles. The second-order valence-electron chi connectivity index (χ2n) is 6.81. The van der Waals surface area contributed by atoms with Crippen molar-refractivity contribution < 1.29 is 9.47 Å². The molecule has 1 fully saturated rings. The molecule has 21 heavy (non-hydrogen) atoms. The SMILES string of the molecule is CCCCCCCCCC[C@H]1OC(C)(C)O[C@H]1CCCI. The Hall–Kier alpha value is 0.650. The van der Waals surface area contributed by atoms with Gasteiger partial charge in [0.15, 0.2) is 5.79 Å². The number of unbranched alkanes of at least 4 members (excludes halogenated alkanes) is 7. The Kier molecular flexibility index (Phi) is 10.5. The zero-order valence-electron chi connectivity index (χ0n) is 14.3. The van der Waals surface area contributed by atoms with Crippen molar-refractivity contribution in [2.75, 3.05) is 4.43 Å². The van der Waals surface area contributed by atoms with Gasteiger partial charge >= 0.3 is 0 Å². The van der Waals surface area contributed by atoms with Gasteiger partial charge in [0.25, 0.3) is 0 Å². The van der Waals surface area contributed by atoms with Crippen LogP contribution in [-0.4, -0.2) is 22.4 Å². The number of hydrogen-bond donors (Lipinski definition) is 0. The van der Waals surface area contributed by atoms with Crippen LogP contribution in [0.15, 0.2) is 0 Å². The van der Waals surface area contributed by atoms with Gasteiger partial charge in [-0.05, 0) is 37.5 Å². The molecule has 0 unspecified atom stereocenters. The van der Waals surface area contributed by atoms with Crippen LogP contribution in [0.25, 0.3) is 0 Å². The van der Waals surface area contributed by atoms with Crippen LogP contribution < -0.4 is 0 Å². The van der Waals surface area contributed by atoms with Gasteiger partial charge in [0.1, 0.15) is 0 Å². The fourth-order valence-corrected chi connectivity index (χ4v) is 3.60. The van der Waals surface area contributed by atoms with Crippen molar-refractivity contribution in [3.8, 4) is 0 Å². The predicted octanol–water partition coefficient (Wildman–Crippen LogP) is 6.25. The van der Waals surface area contributed by atoms with E-state index in [1.54, 1.807) is 0 Å². The van der Waals surface area contributed by atoms with Crippen LogP contribution in [0.5, 0.6) is 0 Å². The van der Waals surface area contributed by atoms with Gasteiger partial charge in [-0.2, -0.15) is 0 Å². The van der Waals surface area contributed by atoms with Gasteiger partial charge in [0.2, 0.25) is 0 Å². The highest BCUT2D eigenvalue weighted by atomic mass is 127. The molecule has 0 aromatic carbocycles. The summed E-state index contributed by atoms with van der Waals surface area (Å²) in [5.74, 6) is -0.374. The van der Waals surface area contributed by atoms with E-state index in [1.165, 1.54) is 68.6 Å². The van der Waals surface area contributed by atoms with Gasteiger partial charge in [0, 0.05) is 0 Å². The quantitative estimate of drug-likeness (QED) is 0.215. The average Bonchev–Trinajstić information content (AvgIpc) is 2.74. The third-order valence-electron chi connectivity index (χ3n) is 4.25. The average molecular weight is 410 g/mol. The number of hydrogen-bond acceptors (Lipinski definition) is 2. The van der Waals surface area contributed by atoms with Crippen molar-refractivity contribution in [1.29, 1.82) is 0 Å². The zero-order valence-corrected chi connectivity index (χ0v) is 16.5. The van der Waals surface area contributed by atoms with E-state index in [0.29, 0.717) is 12.2 Å². The maximum absolute atomic E-state index is 6.09. The van der Waals surface area contributed by atoms with E-state index >= 15 is 0 Å². The Morgan fingerprint density at radius 1 is 0.762 bits per heavy atom. The molecule has 1 heterocycles. The van der Waals surface area contributed by atoms with E-state index in [1.807, 2.05) is 0 Å². The van der Waals surface area contributed by atoms with Crippen molar-refractivity contribution >= 4 is 22.6 Å². The van der Waals surface area contributed by atoms with Crippen molar-refractivity contribution in [2.24, 2.45) is 0 Å². The van der Waals surface area contributed by atoms with Crippen molar-refractivity contribution in [3.05, 3.63) is 0 Å². The van der Waals surface area contributed by atoms with Crippen molar-refractivity contribution in [2.45, 2.75) is 109 Å². The van der Waals surface area contributed by atoms with Crippen molar-refractivity contribution in [1.82, 2.24) is 0 Å². The first-order chi connectivity index (χ1) is 10.1. The highest BCUT2D eigenvalue weighted by Crippen LogP contribution is 2.33. The first-order valence-electron chi connectivity index (χ1n) is 9.00. The molecule has 0 N–H and O–H groups in total. The highest BCUT2D eigenvalue weighted by Gasteiger charge is 2.40. The second-order valence-corrected chi connectivity index (χ2v) is 7.89. The molecule has 0 amide bonds. The van der Waals surface area contributed by atoms with Crippen LogP contribution in [0.2, 0.25) is 0 Å². The van der Waals surface area contributed by atoms with Crippen LogP contribution in [0.1, 0.15) is 91.4 Å². The molecule has 0 aromatic rings. The predicted molar refractivity (Wildman–Crippen MR) is 99.2 cm³/mol. The maximum atomic E-state index is 6.09. The molecule has 0 spiro atoms. The zero-order chi connectivity index (χ0) is 15.6. The van der Waals surface area contributed by atoms with Crippen LogP contribution in [-0.2, 0) is 9.47 Å². The molecule has 126 valence electrons. The molecule has 2 nitrogen and oxygen atoms in total. The van der Waals surface area contributed by atoms with Gasteiger partial charge in [-0.1, -0.05) is 80.9 Å². The Morgan fingerprint density at radius 3 is 1.76 bits per heavy atom. The first-order valence-corrected chi connectivity index (χ1v) is 10.5. The van der Waals surface area contributed by atoms with Crippen LogP contribution in [0.3, 0.4) is 0 Å². The Balaban J connectivity index is 2.11. The minimum absolute atomic E-state index is 0.319. The summed E-state index contributed by atoms with van der Waals surface area (Å²) in [7, 11) is 0. The smallest absolute Gasteiger partial charge is 0.163 e. The molecule has 3 heteroatoms. The molecule has 0 aliphatic carbocycles. The summed E-state index contributed by atoms with van der Waals surface area (Å²) in [6.07, 6.45) is 15.2. The lowest BCUT2D eigenvalue weighted by molar-refractivity contribution is -0.147. The third-order valence-corrected chi connectivity index (χ3v) is 5.01. The van der Waals surface area contributed by atoms with Crippen LogP contribution >= 0.6 is 22.6 Å². The summed E-state index contributed by atoms with van der Waals surface area (Å²) >= 11 is 2.45. The topological polar surface area (TPSA) is 18.5 Å². The minimum atomic E-state index is -0.374. The summed E-state index contributed by atoms with van der Waals surface area (Å²) in [6.45, 7) is 6.38. The van der Waals surface area contributed by atoms with Gasteiger partial charge in [-0.3, -0.25) is 0 Å². The van der Waals surface area contributed by atoms with E-state index in [-0.39, 0.29) is 5.79 Å². The normalized spacial score (nSPS) is 24.6. The van der Waals surface area contributed by atoms with Gasteiger partial charge in [-0.15, -0.1) is 0 Å². The number of halogens is 1. The molecule has 1 aliphatic rings. The summed E-state index contributed by atoms with van der Waals surface area (Å²) < 4.78 is 13.4. The van der Waals surface area contributed by atoms with E-state index in [0.717, 1.165) is 6.42 Å². The molecule has 0 bridgehead atoms. The minimum Gasteiger partial charge on any atom is -0.345 e. The van der Waals surface area contributed by atoms with E-state index in [9.17, 15) is 0 Å². The van der Waals surface area contributed by atoms with Gasteiger partial charge < -0.3 is 9.47 Å². The van der Waals surface area contributed by atoms with E-state index in [2.05, 4.69) is 43.4 Å². The summed E-state index contributed by atoms with van der Waals surface area (Å²) in [5.41, 5.74) is 0. The lowest BCUT2D eigenvalue weighted by Gasteiger charge is -2.16. The van der Waals surface area contributed by atoms with E-state index in [4.69, 9.17) is 9.47 Å². The fourth-order valence-electron chi connectivity index (χ4n) is 3.16. The molecule has 0 saturated carbocycles. The first kappa shape index (κ1) is 19.7. The Morgan fingerprint density at radius 2 is 1.24 bits per heavy atom. The molecular formula is C18H35IO2. The molecule has 1 aliphatic heterocycles. The fraction of sp³-hybridized carbons (Fsp3) is 1.00. The van der Waals surface area contributed by atoms with Gasteiger partial charge in [-0.25, -0.2) is 0 Å². The summed E-state index contributed by atoms with van der Waals surface area (Å²) in [5, 5.41) is 0. The number of alkyl halides is 1. The number of rotatable bonds is 12. The Bertz CT molecular complexity index is 256. The lowest BCUT2D eigenvalue weighted by Crippen LogP contribution is -2.22. The highest BCUT2D eigenvalue weighted by molar-refractivity contribution is 14.1. The summed E-state index contributed by atoms with van der Waals surface area (Å²) in [6, 6.07) is 0. The molecular weight excluding hydrogens is 375 g/mol. The van der Waals surface area contributed by atoms with Gasteiger partial charge in [0.05, 0.1) is 12.2 Å². The largest absolute Gasteiger partial charge is 0.345 e. The standard InChI is InChI=1S/C18H35IO2/c1-4-5-6-7-8-9-10-11-13-16-17(14-12-15-19)21-18(2,3)20-16/h16-17H,4-15H2,1-3H3/t16-,17+/m1/s1. The monoisotopic (exact) mass is 410 g/mol.